The third-order valence-electron chi connectivity index (χ3n) is 10.8. The zero-order valence-corrected chi connectivity index (χ0v) is 19.7. The fourth-order valence-electron chi connectivity index (χ4n) is 8.77. The molecule has 0 spiro atoms. The van der Waals surface area contributed by atoms with Gasteiger partial charge in [0.1, 0.15) is 0 Å². The highest BCUT2D eigenvalue weighted by Crippen LogP contribution is 2.65. The second kappa shape index (κ2) is 8.45. The predicted molar refractivity (Wildman–Crippen MR) is 121 cm³/mol. The highest BCUT2D eigenvalue weighted by atomic mass is 16.3. The van der Waals surface area contributed by atoms with Crippen LogP contribution in [-0.4, -0.2) is 21.9 Å². The molecule has 0 unspecified atom stereocenters. The minimum atomic E-state index is -0.351. The van der Waals surface area contributed by atoms with Crippen molar-refractivity contribution in [2.45, 2.75) is 123 Å². The van der Waals surface area contributed by atoms with Gasteiger partial charge in [-0.1, -0.05) is 34.1 Å². The number of fused-ring (bicyclic) bond motifs is 5. The Kier molecular flexibility index (Phi) is 6.45. The minimum absolute atomic E-state index is 0.112. The molecule has 0 radical (unpaired) electrons. The Balaban J connectivity index is 1.38. The average Bonchev–Trinajstić information content (AvgIpc) is 3.04. The van der Waals surface area contributed by atoms with E-state index < -0.39 is 0 Å². The van der Waals surface area contributed by atoms with Gasteiger partial charge in [-0.25, -0.2) is 0 Å². The van der Waals surface area contributed by atoms with Crippen molar-refractivity contribution in [3.05, 3.63) is 0 Å². The maximum atomic E-state index is 10.9. The van der Waals surface area contributed by atoms with Gasteiger partial charge in [-0.3, -0.25) is 0 Å². The number of aliphatic hydroxyl groups excluding tert-OH is 1. The summed E-state index contributed by atoms with van der Waals surface area (Å²) in [7, 11) is 0. The molecule has 0 aromatic rings. The van der Waals surface area contributed by atoms with E-state index in [0.29, 0.717) is 11.3 Å². The van der Waals surface area contributed by atoms with Gasteiger partial charge in [-0.05, 0) is 124 Å². The first-order valence-corrected chi connectivity index (χ1v) is 13.2. The van der Waals surface area contributed by atoms with Crippen LogP contribution in [0.15, 0.2) is 0 Å². The van der Waals surface area contributed by atoms with Gasteiger partial charge in [0.15, 0.2) is 0 Å². The molecule has 4 aliphatic rings. The van der Waals surface area contributed by atoms with Crippen molar-refractivity contribution >= 4 is 0 Å². The Morgan fingerprint density at radius 3 is 2.41 bits per heavy atom. The predicted octanol–water partition coefficient (Wildman–Crippen LogP) is 6.58. The van der Waals surface area contributed by atoms with E-state index in [0.717, 1.165) is 61.2 Å². The first-order valence-electron chi connectivity index (χ1n) is 13.2. The van der Waals surface area contributed by atoms with Gasteiger partial charge in [0.05, 0.1) is 11.7 Å². The molecule has 0 bridgehead atoms. The Labute approximate surface area is 180 Å². The lowest BCUT2D eigenvalue weighted by Crippen LogP contribution is -2.50. The Hall–Kier alpha value is -0.0800. The van der Waals surface area contributed by atoms with E-state index in [-0.39, 0.29) is 11.7 Å². The fourth-order valence-corrected chi connectivity index (χ4v) is 8.77. The molecule has 4 rings (SSSR count). The zero-order valence-electron chi connectivity index (χ0n) is 19.7. The van der Waals surface area contributed by atoms with E-state index in [1.54, 1.807) is 0 Å². The Bertz CT molecular complexity index is 559. The van der Waals surface area contributed by atoms with Crippen molar-refractivity contribution in [1.82, 2.24) is 0 Å². The van der Waals surface area contributed by atoms with Crippen LogP contribution >= 0.6 is 0 Å². The van der Waals surface area contributed by atoms with Crippen LogP contribution in [-0.2, 0) is 0 Å². The Morgan fingerprint density at radius 2 is 1.69 bits per heavy atom. The minimum Gasteiger partial charge on any atom is -0.393 e. The summed E-state index contributed by atoms with van der Waals surface area (Å²) in [6.45, 7) is 9.10. The largest absolute Gasteiger partial charge is 0.393 e. The first-order chi connectivity index (χ1) is 13.8. The molecule has 29 heavy (non-hydrogen) atoms. The quantitative estimate of drug-likeness (QED) is 0.524. The molecule has 168 valence electrons. The van der Waals surface area contributed by atoms with Gasteiger partial charge in [-0.2, -0.15) is 0 Å². The van der Waals surface area contributed by atoms with Gasteiger partial charge in [0, 0.05) is 0 Å². The molecule has 0 aliphatic heterocycles. The van der Waals surface area contributed by atoms with Crippen molar-refractivity contribution in [3.63, 3.8) is 0 Å². The lowest BCUT2D eigenvalue weighted by atomic mass is 9.48. The lowest BCUT2D eigenvalue weighted by Gasteiger charge is -2.57. The molecule has 4 fully saturated rings. The zero-order chi connectivity index (χ0) is 20.8. The van der Waals surface area contributed by atoms with Crippen LogP contribution in [0.2, 0.25) is 0 Å². The van der Waals surface area contributed by atoms with Crippen molar-refractivity contribution in [1.29, 1.82) is 0 Å². The summed E-state index contributed by atoms with van der Waals surface area (Å²) in [5.41, 5.74) is 0.214. The number of aliphatic hydroxyl groups is 2. The third kappa shape index (κ3) is 4.07. The number of rotatable bonds is 6. The van der Waals surface area contributed by atoms with Gasteiger partial charge in [-0.15, -0.1) is 0 Å². The molecule has 0 aromatic carbocycles. The smallest absolute Gasteiger partial charge is 0.0648 e. The topological polar surface area (TPSA) is 40.5 Å². The SMILES string of the molecule is CC[C@]1(O)CC[C@H]2[C@@H](CC[C@@H]3[C@@H]2CC[C@]2(C)[C@@H](CCC[C@@H](O)C(C)C)CC[C@@H]32)C1. The van der Waals surface area contributed by atoms with Crippen molar-refractivity contribution in [2.24, 2.45) is 46.8 Å². The molecular weight excluding hydrogens is 356 g/mol. The maximum Gasteiger partial charge on any atom is 0.0648 e. The molecule has 0 saturated heterocycles. The summed E-state index contributed by atoms with van der Waals surface area (Å²) < 4.78 is 0. The maximum absolute atomic E-state index is 10.9. The van der Waals surface area contributed by atoms with E-state index in [9.17, 15) is 10.2 Å². The summed E-state index contributed by atoms with van der Waals surface area (Å²) >= 11 is 0. The molecule has 0 amide bonds. The molecule has 2 heteroatoms. The summed E-state index contributed by atoms with van der Waals surface area (Å²) in [5.74, 6) is 5.87. The lowest BCUT2D eigenvalue weighted by molar-refractivity contribution is -0.107. The molecular formula is C27H48O2. The van der Waals surface area contributed by atoms with E-state index in [4.69, 9.17) is 0 Å². The molecule has 0 heterocycles. The van der Waals surface area contributed by atoms with E-state index in [1.807, 2.05) is 0 Å². The highest BCUT2D eigenvalue weighted by Gasteiger charge is 2.57. The summed E-state index contributed by atoms with van der Waals surface area (Å²) in [6.07, 6.45) is 16.4. The summed E-state index contributed by atoms with van der Waals surface area (Å²) in [6, 6.07) is 0. The normalized spacial score (nSPS) is 48.1. The molecule has 2 N–H and O–H groups in total. The third-order valence-corrected chi connectivity index (χ3v) is 10.8. The second-order valence-corrected chi connectivity index (χ2v) is 12.3. The molecule has 9 atom stereocenters. The Morgan fingerprint density at radius 1 is 0.931 bits per heavy atom. The van der Waals surface area contributed by atoms with E-state index >= 15 is 0 Å². The van der Waals surface area contributed by atoms with Gasteiger partial charge in [0.2, 0.25) is 0 Å². The first kappa shape index (κ1) is 22.1. The van der Waals surface area contributed by atoms with E-state index in [2.05, 4.69) is 27.7 Å². The van der Waals surface area contributed by atoms with Gasteiger partial charge < -0.3 is 10.2 Å². The standard InChI is InChI=1S/C27H48O2/c1-5-27(29)16-14-21-19(17-27)9-11-23-22(21)13-15-26(4)20(10-12-24(23)26)7-6-8-25(28)18(2)3/h18-25,28-29H,5-17H2,1-4H3/t19-,20-,21-,22+,23+,24-,25+,26+,27-/m0/s1. The van der Waals surface area contributed by atoms with Crippen LogP contribution in [0.4, 0.5) is 0 Å². The van der Waals surface area contributed by atoms with Gasteiger partial charge in [0.25, 0.3) is 0 Å². The van der Waals surface area contributed by atoms with Crippen molar-refractivity contribution in [3.8, 4) is 0 Å². The fraction of sp³-hybridized carbons (Fsp3) is 1.00. The number of hydrogen-bond acceptors (Lipinski definition) is 2. The van der Waals surface area contributed by atoms with Crippen LogP contribution in [0.25, 0.3) is 0 Å². The molecule has 4 aliphatic carbocycles. The molecule has 2 nitrogen and oxygen atoms in total. The highest BCUT2D eigenvalue weighted by molar-refractivity contribution is 5.06. The number of hydrogen-bond donors (Lipinski definition) is 2. The van der Waals surface area contributed by atoms with Gasteiger partial charge >= 0.3 is 0 Å². The monoisotopic (exact) mass is 404 g/mol. The molecule has 0 aromatic heterocycles. The van der Waals surface area contributed by atoms with Crippen LogP contribution < -0.4 is 0 Å². The van der Waals surface area contributed by atoms with E-state index in [1.165, 1.54) is 57.8 Å². The molecule has 4 saturated carbocycles. The van der Waals surface area contributed by atoms with Crippen LogP contribution in [0.5, 0.6) is 0 Å². The van der Waals surface area contributed by atoms with Crippen LogP contribution in [0.1, 0.15) is 111 Å². The van der Waals surface area contributed by atoms with Crippen LogP contribution in [0.3, 0.4) is 0 Å². The van der Waals surface area contributed by atoms with Crippen molar-refractivity contribution < 1.29 is 10.2 Å². The van der Waals surface area contributed by atoms with Crippen LogP contribution in [0, 0.1) is 46.8 Å². The average molecular weight is 405 g/mol. The summed E-state index contributed by atoms with van der Waals surface area (Å²) in [4.78, 5) is 0. The van der Waals surface area contributed by atoms with Crippen molar-refractivity contribution in [2.75, 3.05) is 0 Å². The second-order valence-electron chi connectivity index (χ2n) is 12.3. The summed E-state index contributed by atoms with van der Waals surface area (Å²) in [5, 5.41) is 21.1.